The quantitative estimate of drug-likeness (QED) is 0.104. The first-order valence-electron chi connectivity index (χ1n) is 50.4. The highest BCUT2D eigenvalue weighted by molar-refractivity contribution is 5.99. The molecule has 12 saturated carbocycles. The topological polar surface area (TPSA) is 270 Å². The molecule has 25 atom stereocenters. The van der Waals surface area contributed by atoms with Crippen molar-refractivity contribution < 1.29 is 77.5 Å². The predicted octanol–water partition coefficient (Wildman–Crippen LogP) is 24.7. The first-order valence-corrected chi connectivity index (χ1v) is 50.4. The van der Waals surface area contributed by atoms with Crippen molar-refractivity contribution in [2.75, 3.05) is 7.11 Å². The SMILES string of the molecule is C=C(C)[C@@H]1CC(=O)[C@@]2(C)CCC(=O)C=C2C1.C=C(C)[C@@H]1CC(=O)[C@@]2(C)CCC(=O)C[C@H]2C1.C=C(C)[C@@H]1CC[C@@H](C)C(=O)C1.C=C(C)[C@@H]1CC[C@@]2(C)CCC(=O)C=C2C1.C=C(C)[C@@H]1CC[C@]2(C)CCC(=O)C[C@]2(O)C1.C=C(C)[C@@H]1CC[C@]2(C)CCC(=O)[C@H](C)[C@]2(O)C1.C=C(C)[C@@H]1C[C@@H](O)[C@@H](C)[C@@H]1C(=O)OC.C=C(C)[C@H]1CC(=O)[C@]2(C)CCC(=O)C=C2C1.C=C(C)[C@H]1CC[C@]2(C)O[C@@H]2C1. The van der Waals surface area contributed by atoms with E-state index in [1.54, 1.807) is 12.2 Å². The van der Waals surface area contributed by atoms with Gasteiger partial charge >= 0.3 is 5.97 Å². The van der Waals surface area contributed by atoms with Gasteiger partial charge < -0.3 is 24.8 Å². The van der Waals surface area contributed by atoms with Crippen LogP contribution in [-0.4, -0.2) is 115 Å². The summed E-state index contributed by atoms with van der Waals surface area (Å²) < 4.78 is 10.3. The number of epoxide rings is 1. The zero-order valence-corrected chi connectivity index (χ0v) is 85.4. The second kappa shape index (κ2) is 44.6. The van der Waals surface area contributed by atoms with Gasteiger partial charge in [0, 0.05) is 105 Å². The maximum atomic E-state index is 12.2. The van der Waals surface area contributed by atoms with Crippen molar-refractivity contribution in [1.82, 2.24) is 0 Å². The highest BCUT2D eigenvalue weighted by Gasteiger charge is 2.60. The van der Waals surface area contributed by atoms with Gasteiger partial charge in [0.05, 0.1) is 42.0 Å². The second-order valence-corrected chi connectivity index (χ2v) is 46.6. The molecule has 3 N–H and O–H groups in total. The Morgan fingerprint density at radius 1 is 0.409 bits per heavy atom. The molecule has 732 valence electrons. The maximum absolute atomic E-state index is 12.2. The molecule has 132 heavy (non-hydrogen) atoms. The van der Waals surface area contributed by atoms with Crippen molar-refractivity contribution in [2.24, 2.45) is 115 Å². The number of aliphatic hydroxyl groups is 3. The second-order valence-electron chi connectivity index (χ2n) is 46.6. The molecule has 0 amide bonds. The number of allylic oxidation sites excluding steroid dienone is 15. The van der Waals surface area contributed by atoms with Crippen LogP contribution in [0.2, 0.25) is 0 Å². The van der Waals surface area contributed by atoms with Crippen LogP contribution in [0, 0.1) is 115 Å². The van der Waals surface area contributed by atoms with Gasteiger partial charge in [0.25, 0.3) is 0 Å². The summed E-state index contributed by atoms with van der Waals surface area (Å²) in [7, 11) is 1.38. The Morgan fingerprint density at radius 3 is 1.35 bits per heavy atom. The molecule has 0 aromatic rings. The van der Waals surface area contributed by atoms with E-state index in [9.17, 15) is 68.1 Å². The third kappa shape index (κ3) is 25.8. The molecule has 0 unspecified atom stereocenters. The highest BCUT2D eigenvalue weighted by Crippen LogP contribution is 2.60. The van der Waals surface area contributed by atoms with E-state index in [-0.39, 0.29) is 115 Å². The van der Waals surface area contributed by atoms with Gasteiger partial charge in [-0.25, -0.2) is 0 Å². The van der Waals surface area contributed by atoms with Crippen molar-refractivity contribution >= 4 is 63.8 Å². The summed E-state index contributed by atoms with van der Waals surface area (Å²) in [5.41, 5.74) is 11.6. The molecule has 15 aliphatic carbocycles. The molecule has 16 nitrogen and oxygen atoms in total. The molecule has 16 rings (SSSR count). The van der Waals surface area contributed by atoms with Gasteiger partial charge in [-0.3, -0.25) is 52.7 Å². The number of carbonyl (C=O) groups is 11. The highest BCUT2D eigenvalue weighted by atomic mass is 16.6. The summed E-state index contributed by atoms with van der Waals surface area (Å²) in [4.78, 5) is 129. The number of methoxy groups -OCH3 is 1. The third-order valence-corrected chi connectivity index (χ3v) is 36.6. The molecular formula is C116H172O16. The van der Waals surface area contributed by atoms with Crippen LogP contribution >= 0.6 is 0 Å². The normalized spacial score (nSPS) is 39.1. The van der Waals surface area contributed by atoms with Crippen LogP contribution < -0.4 is 0 Å². The minimum absolute atomic E-state index is 0.0378. The molecule has 1 saturated heterocycles. The summed E-state index contributed by atoms with van der Waals surface area (Å²) in [6.07, 6.45) is 36.0. The monoisotopic (exact) mass is 1820 g/mol. The fourth-order valence-corrected chi connectivity index (χ4v) is 24.5. The number of hydrogen-bond donors (Lipinski definition) is 3. The molecule has 0 aromatic carbocycles. The largest absolute Gasteiger partial charge is 0.469 e. The maximum Gasteiger partial charge on any atom is 0.309 e. The molecule has 0 aromatic heterocycles. The number of Topliss-reactive ketones (excluding diaryl/α,β-unsaturated/α-hetero) is 7. The fraction of sp³-hybridized carbons (Fsp3) is 0.698. The van der Waals surface area contributed by atoms with Crippen LogP contribution in [0.3, 0.4) is 0 Å². The molecule has 0 radical (unpaired) electrons. The number of fused-ring (bicyclic) bond motifs is 7. The zero-order chi connectivity index (χ0) is 99.0. The number of aliphatic hydroxyl groups excluding tert-OH is 1. The summed E-state index contributed by atoms with van der Waals surface area (Å²) in [6.45, 7) is 74.4. The number of ketones is 10. The summed E-state index contributed by atoms with van der Waals surface area (Å²) in [5, 5.41) is 31.5. The molecule has 0 bridgehead atoms. The first-order chi connectivity index (χ1) is 61.2. The molecule has 1 aliphatic heterocycles. The molecule has 16 heteroatoms. The predicted molar refractivity (Wildman–Crippen MR) is 530 cm³/mol. The lowest BCUT2D eigenvalue weighted by Crippen LogP contribution is -2.60. The van der Waals surface area contributed by atoms with Crippen LogP contribution in [0.5, 0.6) is 0 Å². The van der Waals surface area contributed by atoms with Gasteiger partial charge in [-0.05, 0) is 337 Å². The molecule has 0 spiro atoms. The standard InChI is InChI=1S/C15H24O2.C14H22O2.C14H20O2.2C14H18O2.C14H20O.C11H18O3.2C10H16O/c1-10(2)12-5-7-14(4)8-6-13(16)11(3)15(14,17)9-12;1-10(2)11-4-6-13(3)7-5-12(15)9-14(13,16)8-11;3*1-9(2)10-6-11-8-12(15)4-5-14(11,3)13(16)7-10;1-10(2)11-4-6-14(3)7-5-13(15)9-12(14)8-11;1-6(2)8-5-9(12)7(3)10(8)11(13)14-4;1-7(2)8-4-5-10(3)9(6-8)11-10;1-7(2)9-5-4-8(3)10(11)6-9/h11-12,17H,1,5-9H2,2-4H3;11,16H,1,4-9H2,2-3H3;10-11H,1,4-8H2,2-3H3;2*8,10H,1,4-7H2,2-3H3;9,11H,1,4-8H2,2-3H3;7-10,12H,1,5H2,2-4H3;2*8-9H,1,4-6H2,2-3H3/t11-,12+,14+,15+;11-,13-,14-;10-,11+,14-;2*10-,14-;11-,14+;7-,8+,9-,10+;8-,9+,10-;8-,9-/m010101101/s1. The lowest BCUT2D eigenvalue weighted by atomic mass is 9.51. The average molecular weight is 1820 g/mol. The summed E-state index contributed by atoms with van der Waals surface area (Å²) >= 11 is 0. The Hall–Kier alpha value is -7.11. The van der Waals surface area contributed by atoms with Crippen molar-refractivity contribution in [3.05, 3.63) is 144 Å². The van der Waals surface area contributed by atoms with E-state index < -0.39 is 17.3 Å². The Balaban J connectivity index is 0.000000184. The van der Waals surface area contributed by atoms with Crippen molar-refractivity contribution in [3.8, 4) is 0 Å². The lowest BCUT2D eigenvalue weighted by molar-refractivity contribution is -0.180. The van der Waals surface area contributed by atoms with Gasteiger partial charge in [0.15, 0.2) is 17.3 Å². The van der Waals surface area contributed by atoms with Crippen LogP contribution in [0.1, 0.15) is 363 Å². The Bertz CT molecular complexity index is 4520. The third-order valence-electron chi connectivity index (χ3n) is 36.6. The summed E-state index contributed by atoms with van der Waals surface area (Å²) in [6, 6.07) is 0. The minimum atomic E-state index is -0.815. The van der Waals surface area contributed by atoms with Crippen molar-refractivity contribution in [2.45, 2.75) is 392 Å². The lowest BCUT2D eigenvalue weighted by Gasteiger charge is -2.56. The number of carbonyl (C=O) groups excluding carboxylic acids is 11. The molecule has 16 aliphatic rings. The van der Waals surface area contributed by atoms with Crippen molar-refractivity contribution in [1.29, 1.82) is 0 Å². The number of ether oxygens (including phenoxy) is 2. The van der Waals surface area contributed by atoms with E-state index in [1.165, 1.54) is 61.5 Å². The van der Waals surface area contributed by atoms with Gasteiger partial charge in [0.2, 0.25) is 0 Å². The van der Waals surface area contributed by atoms with E-state index in [2.05, 4.69) is 108 Å². The van der Waals surface area contributed by atoms with Crippen LogP contribution in [0.25, 0.3) is 0 Å². The smallest absolute Gasteiger partial charge is 0.309 e. The first kappa shape index (κ1) is 110. The minimum Gasteiger partial charge on any atom is -0.469 e. The zero-order valence-electron chi connectivity index (χ0n) is 85.4. The van der Waals surface area contributed by atoms with Crippen molar-refractivity contribution in [3.63, 3.8) is 0 Å². The van der Waals surface area contributed by atoms with E-state index in [0.29, 0.717) is 160 Å². The van der Waals surface area contributed by atoms with E-state index >= 15 is 0 Å². The Labute approximate surface area is 795 Å². The van der Waals surface area contributed by atoms with E-state index in [4.69, 9.17) is 9.47 Å². The van der Waals surface area contributed by atoms with Gasteiger partial charge in [-0.15, -0.1) is 0 Å². The summed E-state index contributed by atoms with van der Waals surface area (Å²) in [5.74, 6) is 6.03. The van der Waals surface area contributed by atoms with Gasteiger partial charge in [0.1, 0.15) is 40.5 Å². The average Bonchev–Trinajstić information content (AvgIpc) is 0.832. The van der Waals surface area contributed by atoms with Crippen LogP contribution in [-0.2, 0) is 62.2 Å². The molecular weight excluding hydrogens is 1650 g/mol. The number of esters is 1. The number of rotatable bonds is 10. The molecule has 13 fully saturated rings. The molecule has 1 heterocycles. The van der Waals surface area contributed by atoms with Gasteiger partial charge in [-0.1, -0.05) is 175 Å². The fourth-order valence-electron chi connectivity index (χ4n) is 24.5. The van der Waals surface area contributed by atoms with Crippen LogP contribution in [0.4, 0.5) is 0 Å². The Kier molecular flexibility index (Phi) is 37.2. The van der Waals surface area contributed by atoms with E-state index in [1.807, 2.05) is 89.2 Å². The number of hydrogen-bond acceptors (Lipinski definition) is 16. The Morgan fingerprint density at radius 2 is 0.856 bits per heavy atom. The van der Waals surface area contributed by atoms with Gasteiger partial charge in [-0.2, -0.15) is 0 Å². The van der Waals surface area contributed by atoms with E-state index in [0.717, 1.165) is 160 Å². The van der Waals surface area contributed by atoms with Crippen LogP contribution in [0.15, 0.2) is 144 Å².